The number of hydrogen-bond donors (Lipinski definition) is 1. The first-order valence-electron chi connectivity index (χ1n) is 7.14. The van der Waals surface area contributed by atoms with Gasteiger partial charge in [0.05, 0.1) is 6.61 Å². The molecule has 0 aromatic heterocycles. The van der Waals surface area contributed by atoms with Gasteiger partial charge in [0.2, 0.25) is 0 Å². The van der Waals surface area contributed by atoms with E-state index in [0.29, 0.717) is 6.04 Å². The van der Waals surface area contributed by atoms with Crippen molar-refractivity contribution in [3.05, 3.63) is 29.8 Å². The minimum Gasteiger partial charge on any atom is -0.494 e. The predicted molar refractivity (Wildman–Crippen MR) is 75.9 cm³/mol. The van der Waals surface area contributed by atoms with E-state index in [-0.39, 0.29) is 0 Å². The largest absolute Gasteiger partial charge is 0.494 e. The molecule has 0 bridgehead atoms. The fraction of sp³-hybridized carbons (Fsp3) is 0.625. The van der Waals surface area contributed by atoms with Gasteiger partial charge >= 0.3 is 0 Å². The van der Waals surface area contributed by atoms with Crippen LogP contribution in [0.15, 0.2) is 24.3 Å². The molecule has 1 N–H and O–H groups in total. The molecule has 1 fully saturated rings. The van der Waals surface area contributed by atoms with Gasteiger partial charge in [-0.1, -0.05) is 25.5 Å². The van der Waals surface area contributed by atoms with Crippen molar-refractivity contribution in [3.63, 3.8) is 0 Å². The minimum atomic E-state index is 0.468. The van der Waals surface area contributed by atoms with Gasteiger partial charge in [0.1, 0.15) is 5.75 Å². The van der Waals surface area contributed by atoms with Crippen LogP contribution in [-0.4, -0.2) is 13.7 Å². The first-order valence-corrected chi connectivity index (χ1v) is 7.14. The monoisotopic (exact) mass is 247 g/mol. The third kappa shape index (κ3) is 3.05. The molecule has 1 aromatic rings. The number of nitrogens with one attached hydrogen (secondary N) is 1. The SMILES string of the molecule is CCOc1cccc(C(NC)C2CCC(C)C2)c1. The van der Waals surface area contributed by atoms with Crippen molar-refractivity contribution in [3.8, 4) is 5.75 Å². The molecule has 1 aromatic carbocycles. The highest BCUT2D eigenvalue weighted by Gasteiger charge is 2.28. The molecule has 0 radical (unpaired) electrons. The summed E-state index contributed by atoms with van der Waals surface area (Å²) in [4.78, 5) is 0. The molecule has 1 aliphatic carbocycles. The fourth-order valence-corrected chi connectivity index (χ4v) is 3.19. The van der Waals surface area contributed by atoms with Gasteiger partial charge in [-0.25, -0.2) is 0 Å². The summed E-state index contributed by atoms with van der Waals surface area (Å²) >= 11 is 0. The van der Waals surface area contributed by atoms with Gasteiger partial charge in [-0.05, 0) is 56.3 Å². The highest BCUT2D eigenvalue weighted by atomic mass is 16.5. The Morgan fingerprint density at radius 3 is 2.83 bits per heavy atom. The second kappa shape index (κ2) is 6.24. The third-order valence-electron chi connectivity index (χ3n) is 4.05. The van der Waals surface area contributed by atoms with Crippen molar-refractivity contribution in [2.45, 2.75) is 39.2 Å². The Labute approximate surface area is 111 Å². The van der Waals surface area contributed by atoms with Crippen LogP contribution in [0, 0.1) is 11.8 Å². The molecule has 3 unspecified atom stereocenters. The summed E-state index contributed by atoms with van der Waals surface area (Å²) < 4.78 is 5.60. The summed E-state index contributed by atoms with van der Waals surface area (Å²) in [6, 6.07) is 9.01. The van der Waals surface area contributed by atoms with Crippen LogP contribution in [0.2, 0.25) is 0 Å². The standard InChI is InChI=1S/C16H25NO/c1-4-18-15-7-5-6-13(11-15)16(17-3)14-9-8-12(2)10-14/h5-7,11-12,14,16-17H,4,8-10H2,1-3H3. The van der Waals surface area contributed by atoms with Crippen LogP contribution in [-0.2, 0) is 0 Å². The summed E-state index contributed by atoms with van der Waals surface area (Å²) in [5, 5.41) is 3.49. The maximum absolute atomic E-state index is 5.60. The molecule has 1 aliphatic rings. The molecule has 100 valence electrons. The van der Waals surface area contributed by atoms with E-state index in [2.05, 4.69) is 37.5 Å². The quantitative estimate of drug-likeness (QED) is 0.855. The van der Waals surface area contributed by atoms with Gasteiger partial charge in [0, 0.05) is 6.04 Å². The van der Waals surface area contributed by atoms with E-state index in [1.807, 2.05) is 13.0 Å². The topological polar surface area (TPSA) is 21.3 Å². The van der Waals surface area contributed by atoms with Crippen molar-refractivity contribution >= 4 is 0 Å². The van der Waals surface area contributed by atoms with Crippen LogP contribution in [0.1, 0.15) is 44.7 Å². The smallest absolute Gasteiger partial charge is 0.119 e. The Balaban J connectivity index is 2.13. The lowest BCUT2D eigenvalue weighted by Crippen LogP contribution is -2.23. The number of ether oxygens (including phenoxy) is 1. The second-order valence-corrected chi connectivity index (χ2v) is 5.45. The van der Waals surface area contributed by atoms with Crippen molar-refractivity contribution in [2.24, 2.45) is 11.8 Å². The van der Waals surface area contributed by atoms with E-state index >= 15 is 0 Å². The first kappa shape index (κ1) is 13.4. The van der Waals surface area contributed by atoms with Gasteiger partial charge < -0.3 is 10.1 Å². The van der Waals surface area contributed by atoms with Crippen LogP contribution in [0.4, 0.5) is 0 Å². The molecule has 0 heterocycles. The molecule has 2 nitrogen and oxygen atoms in total. The van der Waals surface area contributed by atoms with Crippen molar-refractivity contribution in [1.82, 2.24) is 5.32 Å². The zero-order valence-corrected chi connectivity index (χ0v) is 11.8. The van der Waals surface area contributed by atoms with E-state index < -0.39 is 0 Å². The minimum absolute atomic E-state index is 0.468. The van der Waals surface area contributed by atoms with E-state index in [0.717, 1.165) is 24.2 Å². The predicted octanol–water partition coefficient (Wildman–Crippen LogP) is 3.78. The van der Waals surface area contributed by atoms with E-state index in [1.54, 1.807) is 0 Å². The lowest BCUT2D eigenvalue weighted by atomic mass is 9.91. The van der Waals surface area contributed by atoms with Crippen LogP contribution in [0.25, 0.3) is 0 Å². The molecule has 3 atom stereocenters. The number of hydrogen-bond acceptors (Lipinski definition) is 2. The Kier molecular flexibility index (Phi) is 4.65. The van der Waals surface area contributed by atoms with E-state index in [4.69, 9.17) is 4.74 Å². The maximum atomic E-state index is 5.60. The van der Waals surface area contributed by atoms with Gasteiger partial charge in [-0.15, -0.1) is 0 Å². The summed E-state index contributed by atoms with van der Waals surface area (Å²) in [6.45, 7) is 5.12. The van der Waals surface area contributed by atoms with Crippen LogP contribution in [0.3, 0.4) is 0 Å². The third-order valence-corrected chi connectivity index (χ3v) is 4.05. The van der Waals surface area contributed by atoms with Crippen molar-refractivity contribution in [1.29, 1.82) is 0 Å². The fourth-order valence-electron chi connectivity index (χ4n) is 3.19. The highest BCUT2D eigenvalue weighted by Crippen LogP contribution is 2.39. The van der Waals surface area contributed by atoms with Crippen LogP contribution >= 0.6 is 0 Å². The molecule has 0 spiro atoms. The molecular formula is C16H25NO. The molecule has 2 heteroatoms. The van der Waals surface area contributed by atoms with Crippen LogP contribution < -0.4 is 10.1 Å². The molecule has 0 amide bonds. The Hall–Kier alpha value is -1.02. The maximum Gasteiger partial charge on any atom is 0.119 e. The average Bonchev–Trinajstić information content (AvgIpc) is 2.78. The molecular weight excluding hydrogens is 222 g/mol. The number of rotatable bonds is 5. The normalized spacial score (nSPS) is 25.1. The van der Waals surface area contributed by atoms with Gasteiger partial charge in [-0.3, -0.25) is 0 Å². The summed E-state index contributed by atoms with van der Waals surface area (Å²) in [7, 11) is 2.07. The van der Waals surface area contributed by atoms with Crippen LogP contribution in [0.5, 0.6) is 5.75 Å². The summed E-state index contributed by atoms with van der Waals surface area (Å²) in [5.41, 5.74) is 1.36. The lowest BCUT2D eigenvalue weighted by Gasteiger charge is -2.24. The number of benzene rings is 1. The summed E-state index contributed by atoms with van der Waals surface area (Å²) in [6.07, 6.45) is 4.05. The Bertz CT molecular complexity index is 377. The Morgan fingerprint density at radius 2 is 2.22 bits per heavy atom. The molecule has 0 saturated heterocycles. The zero-order chi connectivity index (χ0) is 13.0. The van der Waals surface area contributed by atoms with Crippen molar-refractivity contribution < 1.29 is 4.74 Å². The Morgan fingerprint density at radius 1 is 1.39 bits per heavy atom. The van der Waals surface area contributed by atoms with Gasteiger partial charge in [-0.2, -0.15) is 0 Å². The first-order chi connectivity index (χ1) is 8.74. The van der Waals surface area contributed by atoms with Crippen molar-refractivity contribution in [2.75, 3.05) is 13.7 Å². The molecule has 18 heavy (non-hydrogen) atoms. The highest BCUT2D eigenvalue weighted by molar-refractivity contribution is 5.31. The van der Waals surface area contributed by atoms with Gasteiger partial charge in [0.15, 0.2) is 0 Å². The zero-order valence-electron chi connectivity index (χ0n) is 11.8. The molecule has 1 saturated carbocycles. The molecule has 2 rings (SSSR count). The van der Waals surface area contributed by atoms with E-state index in [9.17, 15) is 0 Å². The lowest BCUT2D eigenvalue weighted by molar-refractivity contribution is 0.337. The molecule has 0 aliphatic heterocycles. The second-order valence-electron chi connectivity index (χ2n) is 5.45. The van der Waals surface area contributed by atoms with E-state index in [1.165, 1.54) is 24.8 Å². The van der Waals surface area contributed by atoms with Gasteiger partial charge in [0.25, 0.3) is 0 Å². The summed E-state index contributed by atoms with van der Waals surface area (Å²) in [5.74, 6) is 2.63. The average molecular weight is 247 g/mol.